The Kier molecular flexibility index (Phi) is 6.52. The maximum Gasteiger partial charge on any atom is 0.303 e. The molecule has 1 aromatic rings. The van der Waals surface area contributed by atoms with Crippen LogP contribution in [-0.4, -0.2) is 37.2 Å². The van der Waals surface area contributed by atoms with Crippen LogP contribution in [0.15, 0.2) is 18.2 Å². The van der Waals surface area contributed by atoms with Crippen molar-refractivity contribution in [1.82, 2.24) is 5.32 Å². The van der Waals surface area contributed by atoms with E-state index in [-0.39, 0.29) is 18.4 Å². The molecule has 0 aliphatic carbocycles. The highest BCUT2D eigenvalue weighted by molar-refractivity contribution is 5.73. The van der Waals surface area contributed by atoms with Gasteiger partial charge in [-0.15, -0.1) is 0 Å². The maximum absolute atomic E-state index is 11.2. The van der Waals surface area contributed by atoms with Crippen molar-refractivity contribution >= 4 is 11.9 Å². The van der Waals surface area contributed by atoms with Gasteiger partial charge in [0.25, 0.3) is 0 Å². The lowest BCUT2D eigenvalue weighted by molar-refractivity contribution is -0.137. The summed E-state index contributed by atoms with van der Waals surface area (Å²) >= 11 is 0. The van der Waals surface area contributed by atoms with Crippen molar-refractivity contribution in [2.75, 3.05) is 14.2 Å². The van der Waals surface area contributed by atoms with E-state index in [1.807, 2.05) is 12.1 Å². The van der Waals surface area contributed by atoms with Gasteiger partial charge in [0.2, 0.25) is 5.91 Å². The Hall–Kier alpha value is -2.24. The monoisotopic (exact) mass is 295 g/mol. The minimum Gasteiger partial charge on any atom is -0.493 e. The molecule has 1 rings (SSSR count). The largest absolute Gasteiger partial charge is 0.493 e. The van der Waals surface area contributed by atoms with Crippen molar-refractivity contribution in [3.63, 3.8) is 0 Å². The van der Waals surface area contributed by atoms with Crippen LogP contribution in [0.2, 0.25) is 0 Å². The first-order valence-electron chi connectivity index (χ1n) is 6.66. The summed E-state index contributed by atoms with van der Waals surface area (Å²) in [6.45, 7) is 1.42. The third-order valence-electron chi connectivity index (χ3n) is 3.04. The fraction of sp³-hybridized carbons (Fsp3) is 0.467. The smallest absolute Gasteiger partial charge is 0.303 e. The van der Waals surface area contributed by atoms with Gasteiger partial charge in [0, 0.05) is 19.4 Å². The zero-order valence-corrected chi connectivity index (χ0v) is 12.5. The number of carboxylic acids is 1. The molecule has 0 fully saturated rings. The average Bonchev–Trinajstić information content (AvgIpc) is 2.44. The van der Waals surface area contributed by atoms with Crippen LogP contribution in [0.25, 0.3) is 0 Å². The van der Waals surface area contributed by atoms with Crippen molar-refractivity contribution in [3.8, 4) is 11.5 Å². The van der Waals surface area contributed by atoms with E-state index in [4.69, 9.17) is 14.6 Å². The van der Waals surface area contributed by atoms with Gasteiger partial charge in [0.15, 0.2) is 11.5 Å². The van der Waals surface area contributed by atoms with E-state index in [9.17, 15) is 9.59 Å². The summed E-state index contributed by atoms with van der Waals surface area (Å²) in [5.41, 5.74) is 0.941. The van der Waals surface area contributed by atoms with Gasteiger partial charge in [-0.1, -0.05) is 6.07 Å². The third kappa shape index (κ3) is 5.72. The van der Waals surface area contributed by atoms with Crippen LogP contribution in [0.3, 0.4) is 0 Å². The second kappa shape index (κ2) is 8.14. The van der Waals surface area contributed by atoms with Crippen LogP contribution in [0.5, 0.6) is 11.5 Å². The second-order valence-electron chi connectivity index (χ2n) is 4.72. The first kappa shape index (κ1) is 16.8. The van der Waals surface area contributed by atoms with Crippen LogP contribution in [-0.2, 0) is 16.0 Å². The Bertz CT molecular complexity index is 501. The Morgan fingerprint density at radius 1 is 1.24 bits per heavy atom. The summed E-state index contributed by atoms with van der Waals surface area (Å²) < 4.78 is 10.4. The number of carbonyl (C=O) groups is 2. The number of hydrogen-bond acceptors (Lipinski definition) is 4. The summed E-state index contributed by atoms with van der Waals surface area (Å²) in [6.07, 6.45) is 0.925. The minimum absolute atomic E-state index is 0.0121. The number of carbonyl (C=O) groups excluding carboxylic acids is 1. The molecule has 6 nitrogen and oxygen atoms in total. The molecule has 0 saturated carbocycles. The van der Waals surface area contributed by atoms with Gasteiger partial charge in [-0.25, -0.2) is 0 Å². The fourth-order valence-corrected chi connectivity index (χ4v) is 2.10. The zero-order chi connectivity index (χ0) is 15.8. The highest BCUT2D eigenvalue weighted by Gasteiger charge is 2.14. The van der Waals surface area contributed by atoms with E-state index in [2.05, 4.69) is 5.32 Å². The SMILES string of the molecule is COc1ccc(CC(CCC(=O)O)NC(C)=O)cc1OC. The summed E-state index contributed by atoms with van der Waals surface area (Å²) in [4.78, 5) is 21.9. The fourth-order valence-electron chi connectivity index (χ4n) is 2.10. The number of rotatable bonds is 8. The van der Waals surface area contributed by atoms with E-state index in [1.165, 1.54) is 6.92 Å². The van der Waals surface area contributed by atoms with Gasteiger partial charge in [0.05, 0.1) is 14.2 Å². The van der Waals surface area contributed by atoms with Crippen LogP contribution >= 0.6 is 0 Å². The molecule has 0 aliphatic heterocycles. The van der Waals surface area contributed by atoms with E-state index >= 15 is 0 Å². The van der Waals surface area contributed by atoms with E-state index in [0.29, 0.717) is 24.3 Å². The number of aliphatic carboxylic acids is 1. The summed E-state index contributed by atoms with van der Waals surface area (Å²) in [5, 5.41) is 11.5. The van der Waals surface area contributed by atoms with Gasteiger partial charge in [0.1, 0.15) is 0 Å². The lowest BCUT2D eigenvalue weighted by Crippen LogP contribution is -2.35. The first-order chi connectivity index (χ1) is 9.96. The molecule has 2 N–H and O–H groups in total. The Morgan fingerprint density at radius 3 is 2.43 bits per heavy atom. The molecule has 0 heterocycles. The van der Waals surface area contributed by atoms with Gasteiger partial charge in [-0.3, -0.25) is 9.59 Å². The molecule has 0 saturated heterocycles. The van der Waals surface area contributed by atoms with E-state index in [0.717, 1.165) is 5.56 Å². The van der Waals surface area contributed by atoms with Crippen molar-refractivity contribution < 1.29 is 24.2 Å². The lowest BCUT2D eigenvalue weighted by atomic mass is 10.0. The normalized spacial score (nSPS) is 11.6. The highest BCUT2D eigenvalue weighted by Crippen LogP contribution is 2.28. The van der Waals surface area contributed by atoms with Crippen molar-refractivity contribution in [2.24, 2.45) is 0 Å². The molecule has 1 aromatic carbocycles. The van der Waals surface area contributed by atoms with Gasteiger partial charge >= 0.3 is 5.97 Å². The number of nitrogens with one attached hydrogen (secondary N) is 1. The molecular weight excluding hydrogens is 274 g/mol. The van der Waals surface area contributed by atoms with Crippen LogP contribution in [0.4, 0.5) is 0 Å². The predicted octanol–water partition coefficient (Wildman–Crippen LogP) is 1.62. The molecule has 116 valence electrons. The summed E-state index contributed by atoms with van der Waals surface area (Å²) in [5.74, 6) is 0.182. The van der Waals surface area contributed by atoms with E-state index in [1.54, 1.807) is 20.3 Å². The first-order valence-corrected chi connectivity index (χ1v) is 6.66. The average molecular weight is 295 g/mol. The molecule has 0 spiro atoms. The second-order valence-corrected chi connectivity index (χ2v) is 4.72. The molecular formula is C15H21NO5. The number of ether oxygens (including phenoxy) is 2. The summed E-state index contributed by atoms with van der Waals surface area (Å²) in [6, 6.07) is 5.26. The lowest BCUT2D eigenvalue weighted by Gasteiger charge is -2.18. The van der Waals surface area contributed by atoms with Gasteiger partial charge in [-0.2, -0.15) is 0 Å². The molecule has 0 bridgehead atoms. The Morgan fingerprint density at radius 2 is 1.90 bits per heavy atom. The van der Waals surface area contributed by atoms with Crippen LogP contribution < -0.4 is 14.8 Å². The molecule has 1 unspecified atom stereocenters. The highest BCUT2D eigenvalue weighted by atomic mass is 16.5. The number of methoxy groups -OCH3 is 2. The molecule has 21 heavy (non-hydrogen) atoms. The molecule has 1 atom stereocenters. The molecule has 6 heteroatoms. The molecule has 1 amide bonds. The standard InChI is InChI=1S/C15H21NO5/c1-10(17)16-12(5-7-15(18)19)8-11-4-6-13(20-2)14(9-11)21-3/h4,6,9,12H,5,7-8H2,1-3H3,(H,16,17)(H,18,19). The van der Waals surface area contributed by atoms with Crippen molar-refractivity contribution in [1.29, 1.82) is 0 Å². The number of benzene rings is 1. The number of carboxylic acid groups (broad SMARTS) is 1. The molecule has 0 radical (unpaired) electrons. The van der Waals surface area contributed by atoms with Gasteiger partial charge in [-0.05, 0) is 30.5 Å². The van der Waals surface area contributed by atoms with E-state index < -0.39 is 5.97 Å². The number of hydrogen-bond donors (Lipinski definition) is 2. The Balaban J connectivity index is 2.81. The summed E-state index contributed by atoms with van der Waals surface area (Å²) in [7, 11) is 3.11. The maximum atomic E-state index is 11.2. The predicted molar refractivity (Wildman–Crippen MR) is 77.7 cm³/mol. The van der Waals surface area contributed by atoms with Crippen LogP contribution in [0, 0.1) is 0 Å². The number of amides is 1. The molecule has 0 aliphatic rings. The third-order valence-corrected chi connectivity index (χ3v) is 3.04. The van der Waals surface area contributed by atoms with Crippen molar-refractivity contribution in [3.05, 3.63) is 23.8 Å². The van der Waals surface area contributed by atoms with Crippen molar-refractivity contribution in [2.45, 2.75) is 32.2 Å². The quantitative estimate of drug-likeness (QED) is 0.761. The minimum atomic E-state index is -0.877. The topological polar surface area (TPSA) is 84.9 Å². The van der Waals surface area contributed by atoms with Crippen LogP contribution in [0.1, 0.15) is 25.3 Å². The zero-order valence-electron chi connectivity index (χ0n) is 12.5. The van der Waals surface area contributed by atoms with Gasteiger partial charge < -0.3 is 19.9 Å². The Labute approximate surface area is 124 Å². The molecule has 0 aromatic heterocycles.